The minimum absolute atomic E-state index is 0.0725. The van der Waals surface area contributed by atoms with Gasteiger partial charge in [-0.15, -0.1) is 0 Å². The third-order valence-corrected chi connectivity index (χ3v) is 1.80. The van der Waals surface area contributed by atoms with E-state index in [1.165, 1.54) is 0 Å². The molecule has 0 atom stereocenters. The molecule has 1 amide bonds. The number of hydrogen-bond donors (Lipinski definition) is 4. The van der Waals surface area contributed by atoms with Crippen molar-refractivity contribution in [2.75, 3.05) is 19.8 Å². The molecule has 1 fully saturated rings. The Morgan fingerprint density at radius 1 is 1.53 bits per heavy atom. The zero-order valence-corrected chi connectivity index (χ0v) is 8.53. The minimum Gasteiger partial charge on any atom is -0.370 e. The van der Waals surface area contributed by atoms with Gasteiger partial charge in [0, 0.05) is 6.04 Å². The maximum Gasteiger partial charge on any atom is 0.243 e. The van der Waals surface area contributed by atoms with Gasteiger partial charge in [-0.25, -0.2) is 10.8 Å². The minimum atomic E-state index is -0.479. The molecule has 0 aromatic rings. The third-order valence-electron chi connectivity index (χ3n) is 1.80. The van der Waals surface area contributed by atoms with Crippen LogP contribution in [0, 0.1) is 0 Å². The topological polar surface area (TPSA) is 115 Å². The lowest BCUT2D eigenvalue weighted by Crippen LogP contribution is -2.42. The first kappa shape index (κ1) is 11.7. The number of carbonyl (C=O) groups excluding carboxylic acids is 1. The van der Waals surface area contributed by atoms with Gasteiger partial charge in [-0.3, -0.25) is 10.2 Å². The van der Waals surface area contributed by atoms with Crippen LogP contribution < -0.4 is 22.3 Å². The number of rotatable bonds is 6. The van der Waals surface area contributed by atoms with Crippen LogP contribution in [0.5, 0.6) is 0 Å². The quantitative estimate of drug-likeness (QED) is 0.135. The van der Waals surface area contributed by atoms with Crippen molar-refractivity contribution in [3.63, 3.8) is 0 Å². The van der Waals surface area contributed by atoms with Crippen LogP contribution in [0.25, 0.3) is 0 Å². The first-order valence-corrected chi connectivity index (χ1v) is 4.86. The maximum absolute atomic E-state index is 10.3. The zero-order valence-electron chi connectivity index (χ0n) is 8.53. The van der Waals surface area contributed by atoms with E-state index in [4.69, 9.17) is 16.3 Å². The zero-order chi connectivity index (χ0) is 11.1. The van der Waals surface area contributed by atoms with Gasteiger partial charge in [0.25, 0.3) is 0 Å². The molecule has 86 valence electrons. The Labute approximate surface area is 88.2 Å². The average molecular weight is 215 g/mol. The summed E-state index contributed by atoms with van der Waals surface area (Å²) >= 11 is 0. The Morgan fingerprint density at radius 2 is 2.27 bits per heavy atom. The van der Waals surface area contributed by atoms with Gasteiger partial charge in [-0.2, -0.15) is 0 Å². The van der Waals surface area contributed by atoms with E-state index in [1.54, 1.807) is 0 Å². The van der Waals surface area contributed by atoms with Gasteiger partial charge >= 0.3 is 0 Å². The molecule has 0 bridgehead atoms. The van der Waals surface area contributed by atoms with Gasteiger partial charge in [0.15, 0.2) is 0 Å². The highest BCUT2D eigenvalue weighted by atomic mass is 16.5. The number of primary amides is 1. The fourth-order valence-electron chi connectivity index (χ4n) is 0.949. The Morgan fingerprint density at radius 3 is 2.80 bits per heavy atom. The van der Waals surface area contributed by atoms with Crippen LogP contribution in [0.2, 0.25) is 0 Å². The molecule has 0 aromatic heterocycles. The third kappa shape index (κ3) is 5.87. The Bertz CT molecular complexity index is 239. The number of hydrogen-bond acceptors (Lipinski definition) is 4. The highest BCUT2D eigenvalue weighted by Gasteiger charge is 2.21. The molecule has 6 N–H and O–H groups in total. The summed E-state index contributed by atoms with van der Waals surface area (Å²) in [7, 11) is 0. The first-order valence-electron chi connectivity index (χ1n) is 4.86. The molecular weight excluding hydrogens is 198 g/mol. The van der Waals surface area contributed by atoms with E-state index >= 15 is 0 Å². The van der Waals surface area contributed by atoms with Crippen molar-refractivity contribution in [2.24, 2.45) is 16.6 Å². The van der Waals surface area contributed by atoms with Crippen molar-refractivity contribution < 1.29 is 9.53 Å². The lowest BCUT2D eigenvalue weighted by Gasteiger charge is -2.07. The number of nitrogens with two attached hydrogens (primary N) is 2. The van der Waals surface area contributed by atoms with E-state index in [-0.39, 0.29) is 6.61 Å². The van der Waals surface area contributed by atoms with Crippen LogP contribution in [0.4, 0.5) is 0 Å². The van der Waals surface area contributed by atoms with Crippen LogP contribution in [-0.4, -0.2) is 37.7 Å². The van der Waals surface area contributed by atoms with E-state index in [9.17, 15) is 4.79 Å². The Hall–Kier alpha value is -1.34. The second-order valence-corrected chi connectivity index (χ2v) is 3.31. The smallest absolute Gasteiger partial charge is 0.243 e. The van der Waals surface area contributed by atoms with Crippen molar-refractivity contribution in [2.45, 2.75) is 18.9 Å². The van der Waals surface area contributed by atoms with Gasteiger partial charge < -0.3 is 15.8 Å². The molecule has 1 saturated carbocycles. The second-order valence-electron chi connectivity index (χ2n) is 3.31. The molecule has 7 nitrogen and oxygen atoms in total. The number of amides is 1. The van der Waals surface area contributed by atoms with Crippen LogP contribution in [0.1, 0.15) is 12.8 Å². The van der Waals surface area contributed by atoms with Crippen molar-refractivity contribution in [3.05, 3.63) is 0 Å². The van der Waals surface area contributed by atoms with Gasteiger partial charge in [0.2, 0.25) is 11.9 Å². The highest BCUT2D eigenvalue weighted by Crippen LogP contribution is 2.18. The SMILES string of the molecule is NNC(=NCCOCC(N)=O)NC1CC1. The van der Waals surface area contributed by atoms with Crippen molar-refractivity contribution in [3.8, 4) is 0 Å². The molecule has 0 aliphatic heterocycles. The maximum atomic E-state index is 10.3. The van der Waals surface area contributed by atoms with Crippen LogP contribution in [0.3, 0.4) is 0 Å². The van der Waals surface area contributed by atoms with Gasteiger partial charge in [0.05, 0.1) is 13.2 Å². The summed E-state index contributed by atoms with van der Waals surface area (Å²) in [6.07, 6.45) is 2.30. The largest absolute Gasteiger partial charge is 0.370 e. The van der Waals surface area contributed by atoms with Crippen LogP contribution in [-0.2, 0) is 9.53 Å². The van der Waals surface area contributed by atoms with Crippen LogP contribution >= 0.6 is 0 Å². The molecule has 0 saturated heterocycles. The van der Waals surface area contributed by atoms with E-state index in [0.29, 0.717) is 25.2 Å². The van der Waals surface area contributed by atoms with E-state index in [2.05, 4.69) is 15.7 Å². The average Bonchev–Trinajstić information content (AvgIpc) is 2.99. The monoisotopic (exact) mass is 215 g/mol. The molecule has 0 radical (unpaired) electrons. The molecule has 0 aromatic carbocycles. The lowest BCUT2D eigenvalue weighted by molar-refractivity contribution is -0.122. The van der Waals surface area contributed by atoms with Crippen molar-refractivity contribution in [1.82, 2.24) is 10.7 Å². The standard InChI is InChI=1S/C8H17N5O2/c9-7(14)5-15-4-3-11-8(13-10)12-6-1-2-6/h6H,1-5,10H2,(H2,9,14)(H2,11,12,13). The molecule has 0 spiro atoms. The highest BCUT2D eigenvalue weighted by molar-refractivity contribution is 5.79. The Kier molecular flexibility index (Phi) is 4.85. The fourth-order valence-corrected chi connectivity index (χ4v) is 0.949. The predicted octanol–water partition coefficient (Wildman–Crippen LogP) is -1.94. The number of nitrogens with zero attached hydrogens (tertiary/aromatic N) is 1. The number of guanidine groups is 1. The summed E-state index contributed by atoms with van der Waals surface area (Å²) in [6.45, 7) is 0.712. The summed E-state index contributed by atoms with van der Waals surface area (Å²) in [5, 5.41) is 3.11. The molecule has 1 aliphatic rings. The van der Waals surface area contributed by atoms with Gasteiger partial charge in [0.1, 0.15) is 6.61 Å². The lowest BCUT2D eigenvalue weighted by atomic mass is 10.6. The fraction of sp³-hybridized carbons (Fsp3) is 0.750. The van der Waals surface area contributed by atoms with E-state index in [1.807, 2.05) is 0 Å². The number of carbonyl (C=O) groups is 1. The summed E-state index contributed by atoms with van der Waals surface area (Å²) in [5.41, 5.74) is 7.36. The predicted molar refractivity (Wildman–Crippen MR) is 55.8 cm³/mol. The molecule has 1 rings (SSSR count). The van der Waals surface area contributed by atoms with E-state index in [0.717, 1.165) is 12.8 Å². The molecular formula is C8H17N5O2. The number of ether oxygens (including phenoxy) is 1. The van der Waals surface area contributed by atoms with Gasteiger partial charge in [-0.05, 0) is 12.8 Å². The van der Waals surface area contributed by atoms with E-state index < -0.39 is 5.91 Å². The molecule has 0 unspecified atom stereocenters. The summed E-state index contributed by atoms with van der Waals surface area (Å²) in [6, 6.07) is 0.492. The van der Waals surface area contributed by atoms with Crippen LogP contribution in [0.15, 0.2) is 4.99 Å². The van der Waals surface area contributed by atoms with Crippen molar-refractivity contribution >= 4 is 11.9 Å². The Balaban J connectivity index is 2.07. The molecule has 15 heavy (non-hydrogen) atoms. The summed E-state index contributed by atoms with van der Waals surface area (Å²) < 4.78 is 4.93. The summed E-state index contributed by atoms with van der Waals surface area (Å²) in [4.78, 5) is 14.4. The summed E-state index contributed by atoms with van der Waals surface area (Å²) in [5.74, 6) is 5.33. The second kappa shape index (κ2) is 6.20. The molecule has 1 aliphatic carbocycles. The number of hydrazine groups is 1. The first-order chi connectivity index (χ1) is 7.22. The van der Waals surface area contributed by atoms with Crippen molar-refractivity contribution in [1.29, 1.82) is 0 Å². The number of aliphatic imine (C=N–C) groups is 1. The molecule has 0 heterocycles. The van der Waals surface area contributed by atoms with Gasteiger partial charge in [-0.1, -0.05) is 0 Å². The number of nitrogens with one attached hydrogen (secondary N) is 2. The normalized spacial score (nSPS) is 16.2. The molecule has 7 heteroatoms.